The van der Waals surface area contributed by atoms with Gasteiger partial charge in [-0.05, 0) is 42.0 Å². The smallest absolute Gasteiger partial charge is 0.249 e. The third kappa shape index (κ3) is 4.98. The maximum Gasteiger partial charge on any atom is 0.249 e. The van der Waals surface area contributed by atoms with Gasteiger partial charge in [0, 0.05) is 31.9 Å². The number of hydrogen-bond donors (Lipinski definition) is 1. The third-order valence-electron chi connectivity index (χ3n) is 5.63. The number of benzene rings is 3. The SMILES string of the molecule is O=C(Nc1ccc(F)cc1)[C@@H](c1ccccc1)N1CCN(S(=O)(=O)c2c(F)cccc2F)CC1. The van der Waals surface area contributed by atoms with E-state index in [-0.39, 0.29) is 32.1 Å². The molecule has 4 rings (SSSR count). The molecule has 1 atom stereocenters. The first-order valence-electron chi connectivity index (χ1n) is 10.6. The molecule has 1 aliphatic rings. The van der Waals surface area contributed by atoms with Crippen LogP contribution in [0, 0.1) is 17.5 Å². The number of carbonyl (C=O) groups is 1. The minimum absolute atomic E-state index is 0.0523. The molecular formula is C24H22F3N3O3S. The Morgan fingerprint density at radius 1 is 0.794 bits per heavy atom. The van der Waals surface area contributed by atoms with Crippen molar-refractivity contribution in [3.63, 3.8) is 0 Å². The van der Waals surface area contributed by atoms with Crippen molar-refractivity contribution >= 4 is 21.6 Å². The lowest BCUT2D eigenvalue weighted by Gasteiger charge is -2.38. The Morgan fingerprint density at radius 2 is 1.38 bits per heavy atom. The number of sulfonamides is 1. The molecule has 1 saturated heterocycles. The predicted octanol–water partition coefficient (Wildman–Crippen LogP) is 3.79. The summed E-state index contributed by atoms with van der Waals surface area (Å²) in [6.07, 6.45) is 0. The van der Waals surface area contributed by atoms with Crippen LogP contribution in [0.15, 0.2) is 77.7 Å². The van der Waals surface area contributed by atoms with Crippen LogP contribution >= 0.6 is 0 Å². The highest BCUT2D eigenvalue weighted by Gasteiger charge is 2.36. The van der Waals surface area contributed by atoms with E-state index >= 15 is 0 Å². The highest BCUT2D eigenvalue weighted by atomic mass is 32.2. The van der Waals surface area contributed by atoms with E-state index in [0.29, 0.717) is 11.3 Å². The van der Waals surface area contributed by atoms with Crippen LogP contribution in [0.5, 0.6) is 0 Å². The molecule has 1 aliphatic heterocycles. The topological polar surface area (TPSA) is 69.7 Å². The summed E-state index contributed by atoms with van der Waals surface area (Å²) >= 11 is 0. The molecule has 0 unspecified atom stereocenters. The molecule has 34 heavy (non-hydrogen) atoms. The molecular weight excluding hydrogens is 467 g/mol. The van der Waals surface area contributed by atoms with Gasteiger partial charge in [0.1, 0.15) is 23.5 Å². The molecule has 0 bridgehead atoms. The van der Waals surface area contributed by atoms with E-state index in [9.17, 15) is 26.4 Å². The van der Waals surface area contributed by atoms with Gasteiger partial charge >= 0.3 is 0 Å². The van der Waals surface area contributed by atoms with Gasteiger partial charge in [0.25, 0.3) is 0 Å². The fourth-order valence-electron chi connectivity index (χ4n) is 3.97. The van der Waals surface area contributed by atoms with E-state index in [2.05, 4.69) is 5.32 Å². The number of nitrogens with one attached hydrogen (secondary N) is 1. The van der Waals surface area contributed by atoms with Crippen LogP contribution in [0.2, 0.25) is 0 Å². The van der Waals surface area contributed by atoms with Crippen LogP contribution in [-0.4, -0.2) is 49.7 Å². The van der Waals surface area contributed by atoms with Crippen molar-refractivity contribution in [1.82, 2.24) is 9.21 Å². The molecule has 0 saturated carbocycles. The Balaban J connectivity index is 1.54. The van der Waals surface area contributed by atoms with E-state index in [1.165, 1.54) is 24.3 Å². The van der Waals surface area contributed by atoms with Crippen molar-refractivity contribution < 1.29 is 26.4 Å². The maximum absolute atomic E-state index is 14.1. The first-order chi connectivity index (χ1) is 16.3. The molecule has 1 fully saturated rings. The predicted molar refractivity (Wildman–Crippen MR) is 121 cm³/mol. The summed E-state index contributed by atoms with van der Waals surface area (Å²) in [5.41, 5.74) is 1.11. The van der Waals surface area contributed by atoms with Crippen molar-refractivity contribution in [3.05, 3.63) is 95.8 Å². The average molecular weight is 490 g/mol. The largest absolute Gasteiger partial charge is 0.324 e. The molecule has 6 nitrogen and oxygen atoms in total. The molecule has 1 amide bonds. The fourth-order valence-corrected chi connectivity index (χ4v) is 5.50. The minimum atomic E-state index is -4.39. The number of hydrogen-bond acceptors (Lipinski definition) is 4. The molecule has 1 N–H and O–H groups in total. The standard InChI is InChI=1S/C24H22F3N3O3S/c25-18-9-11-19(12-10-18)28-24(31)22(17-5-2-1-3-6-17)29-13-15-30(16-14-29)34(32,33)23-20(26)7-4-8-21(23)27/h1-12,22H,13-16H2,(H,28,31)/t22-/m1/s1. The van der Waals surface area contributed by atoms with Crippen molar-refractivity contribution in [3.8, 4) is 0 Å². The Hall–Kier alpha value is -3.21. The van der Waals surface area contributed by atoms with Crippen LogP contribution in [-0.2, 0) is 14.8 Å². The maximum atomic E-state index is 14.1. The zero-order valence-electron chi connectivity index (χ0n) is 18.0. The molecule has 3 aromatic carbocycles. The van der Waals surface area contributed by atoms with Crippen LogP contribution in [0.3, 0.4) is 0 Å². The van der Waals surface area contributed by atoms with Crippen LogP contribution < -0.4 is 5.32 Å². The van der Waals surface area contributed by atoms with Gasteiger partial charge in [-0.1, -0.05) is 36.4 Å². The fraction of sp³-hybridized carbons (Fsp3) is 0.208. The summed E-state index contributed by atoms with van der Waals surface area (Å²) in [4.78, 5) is 14.0. The van der Waals surface area contributed by atoms with E-state index in [0.717, 1.165) is 22.5 Å². The summed E-state index contributed by atoms with van der Waals surface area (Å²) < 4.78 is 68.3. The Bertz CT molecular complexity index is 1240. The van der Waals surface area contributed by atoms with Crippen molar-refractivity contribution in [1.29, 1.82) is 0 Å². The second-order valence-corrected chi connectivity index (χ2v) is 9.67. The average Bonchev–Trinajstić information content (AvgIpc) is 2.81. The van der Waals surface area contributed by atoms with E-state index < -0.39 is 38.4 Å². The van der Waals surface area contributed by atoms with Gasteiger partial charge in [-0.25, -0.2) is 21.6 Å². The molecule has 0 spiro atoms. The normalized spacial score (nSPS) is 16.2. The zero-order chi connectivity index (χ0) is 24.3. The third-order valence-corrected chi connectivity index (χ3v) is 7.58. The minimum Gasteiger partial charge on any atom is -0.324 e. The summed E-state index contributed by atoms with van der Waals surface area (Å²) in [6, 6.07) is 16.5. The number of carbonyl (C=O) groups excluding carboxylic acids is 1. The lowest BCUT2D eigenvalue weighted by atomic mass is 10.0. The van der Waals surface area contributed by atoms with Crippen LogP contribution in [0.25, 0.3) is 0 Å². The lowest BCUT2D eigenvalue weighted by molar-refractivity contribution is -0.122. The summed E-state index contributed by atoms with van der Waals surface area (Å²) in [6.45, 7) is 0.212. The molecule has 3 aromatic rings. The molecule has 178 valence electrons. The summed E-state index contributed by atoms with van der Waals surface area (Å²) in [7, 11) is -4.39. The van der Waals surface area contributed by atoms with Gasteiger partial charge < -0.3 is 5.32 Å². The highest BCUT2D eigenvalue weighted by Crippen LogP contribution is 2.28. The second-order valence-electron chi connectivity index (χ2n) is 7.80. The second kappa shape index (κ2) is 9.96. The number of piperazine rings is 1. The molecule has 0 aromatic heterocycles. The van der Waals surface area contributed by atoms with Crippen molar-refractivity contribution in [2.24, 2.45) is 0 Å². The summed E-state index contributed by atoms with van der Waals surface area (Å²) in [5.74, 6) is -3.10. The molecule has 0 aliphatic carbocycles. The monoisotopic (exact) mass is 489 g/mol. The van der Waals surface area contributed by atoms with Crippen LogP contribution in [0.1, 0.15) is 11.6 Å². The van der Waals surface area contributed by atoms with Crippen LogP contribution in [0.4, 0.5) is 18.9 Å². The van der Waals surface area contributed by atoms with Crippen molar-refractivity contribution in [2.45, 2.75) is 10.9 Å². The Morgan fingerprint density at radius 3 is 1.97 bits per heavy atom. The molecule has 1 heterocycles. The van der Waals surface area contributed by atoms with Gasteiger partial charge in [-0.15, -0.1) is 0 Å². The van der Waals surface area contributed by atoms with Gasteiger partial charge in [-0.3, -0.25) is 9.69 Å². The first-order valence-corrected chi connectivity index (χ1v) is 12.0. The van der Waals surface area contributed by atoms with Gasteiger partial charge in [0.2, 0.25) is 15.9 Å². The quantitative estimate of drug-likeness (QED) is 0.572. The number of amides is 1. The molecule has 10 heteroatoms. The number of rotatable bonds is 6. The Labute approximate surface area is 195 Å². The van der Waals surface area contributed by atoms with E-state index in [4.69, 9.17) is 0 Å². The number of halogens is 3. The van der Waals surface area contributed by atoms with Gasteiger partial charge in [0.15, 0.2) is 4.90 Å². The van der Waals surface area contributed by atoms with E-state index in [1.807, 2.05) is 6.07 Å². The number of anilines is 1. The zero-order valence-corrected chi connectivity index (χ0v) is 18.8. The highest BCUT2D eigenvalue weighted by molar-refractivity contribution is 7.89. The van der Waals surface area contributed by atoms with Gasteiger partial charge in [0.05, 0.1) is 0 Å². The number of nitrogens with zero attached hydrogens (tertiary/aromatic N) is 2. The summed E-state index contributed by atoms with van der Waals surface area (Å²) in [5, 5.41) is 2.77. The van der Waals surface area contributed by atoms with Gasteiger partial charge in [-0.2, -0.15) is 4.31 Å². The Kier molecular flexibility index (Phi) is 7.01. The lowest BCUT2D eigenvalue weighted by Crippen LogP contribution is -2.51. The van der Waals surface area contributed by atoms with Crippen molar-refractivity contribution in [2.75, 3.05) is 31.5 Å². The molecule has 0 radical (unpaired) electrons. The van der Waals surface area contributed by atoms with E-state index in [1.54, 1.807) is 29.2 Å². The first kappa shape index (κ1) is 23.9.